The average molecular weight is 358 g/mol. The standard InChI is InChI=1S/C19H17ClFN3O/c20-17-3-1-2-13(18(17)21)9-24-10-15(11-24)23-14-4-5-16-12(8-14)6-7-22-19(16)25/h1-8,15,23H,9-11H2,(H,22,25). The van der Waals surface area contributed by atoms with Crippen LogP contribution < -0.4 is 10.9 Å². The molecule has 0 aliphatic carbocycles. The Hall–Kier alpha value is -2.37. The molecule has 0 amide bonds. The Morgan fingerprint density at radius 2 is 2.08 bits per heavy atom. The number of halogens is 2. The lowest BCUT2D eigenvalue weighted by molar-refractivity contribution is 0.151. The van der Waals surface area contributed by atoms with E-state index in [9.17, 15) is 9.18 Å². The summed E-state index contributed by atoms with van der Waals surface area (Å²) in [7, 11) is 0. The quantitative estimate of drug-likeness (QED) is 0.749. The highest BCUT2D eigenvalue weighted by Gasteiger charge is 2.27. The molecule has 128 valence electrons. The fourth-order valence-corrected chi connectivity index (χ4v) is 3.41. The predicted octanol–water partition coefficient (Wildman–Crippen LogP) is 3.62. The van der Waals surface area contributed by atoms with Crippen LogP contribution in [0.1, 0.15) is 5.56 Å². The first-order valence-electron chi connectivity index (χ1n) is 8.13. The number of benzene rings is 2. The molecular weight excluding hydrogens is 341 g/mol. The van der Waals surface area contributed by atoms with Gasteiger partial charge in [0, 0.05) is 42.5 Å². The molecule has 0 saturated carbocycles. The monoisotopic (exact) mass is 357 g/mol. The van der Waals surface area contributed by atoms with Gasteiger partial charge in [-0.05, 0) is 35.7 Å². The zero-order valence-corrected chi connectivity index (χ0v) is 14.2. The molecule has 2 N–H and O–H groups in total. The van der Waals surface area contributed by atoms with E-state index in [0.717, 1.165) is 24.2 Å². The lowest BCUT2D eigenvalue weighted by Crippen LogP contribution is -2.54. The van der Waals surface area contributed by atoms with E-state index in [1.807, 2.05) is 24.3 Å². The molecule has 1 aliphatic heterocycles. The second-order valence-electron chi connectivity index (χ2n) is 6.36. The highest BCUT2D eigenvalue weighted by molar-refractivity contribution is 6.30. The number of aromatic amines is 1. The van der Waals surface area contributed by atoms with Crippen LogP contribution >= 0.6 is 11.6 Å². The van der Waals surface area contributed by atoms with Crippen molar-refractivity contribution in [2.45, 2.75) is 12.6 Å². The Labute approximate surface area is 149 Å². The molecule has 0 spiro atoms. The third-order valence-corrected chi connectivity index (χ3v) is 4.82. The van der Waals surface area contributed by atoms with E-state index in [0.29, 0.717) is 23.5 Å². The van der Waals surface area contributed by atoms with Crippen molar-refractivity contribution in [2.75, 3.05) is 18.4 Å². The van der Waals surface area contributed by atoms with Crippen LogP contribution in [0.4, 0.5) is 10.1 Å². The molecule has 0 radical (unpaired) electrons. The molecule has 0 bridgehead atoms. The number of nitrogens with zero attached hydrogens (tertiary/aromatic N) is 1. The number of H-pyrrole nitrogens is 1. The number of anilines is 1. The van der Waals surface area contributed by atoms with Gasteiger partial charge in [-0.15, -0.1) is 0 Å². The summed E-state index contributed by atoms with van der Waals surface area (Å²) in [5.41, 5.74) is 1.52. The minimum Gasteiger partial charge on any atom is -0.380 e. The van der Waals surface area contributed by atoms with Crippen molar-refractivity contribution in [2.24, 2.45) is 0 Å². The fraction of sp³-hybridized carbons (Fsp3) is 0.211. The maximum Gasteiger partial charge on any atom is 0.255 e. The first-order valence-corrected chi connectivity index (χ1v) is 8.51. The summed E-state index contributed by atoms with van der Waals surface area (Å²) in [5, 5.41) is 5.21. The van der Waals surface area contributed by atoms with Crippen LogP contribution in [0, 0.1) is 5.82 Å². The highest BCUT2D eigenvalue weighted by atomic mass is 35.5. The predicted molar refractivity (Wildman–Crippen MR) is 98.7 cm³/mol. The minimum absolute atomic E-state index is 0.0811. The summed E-state index contributed by atoms with van der Waals surface area (Å²) in [6.45, 7) is 2.22. The summed E-state index contributed by atoms with van der Waals surface area (Å²) in [5.74, 6) is -0.333. The molecule has 3 aromatic rings. The van der Waals surface area contributed by atoms with Gasteiger partial charge in [-0.1, -0.05) is 23.7 Å². The number of fused-ring (bicyclic) bond motifs is 1. The van der Waals surface area contributed by atoms with Gasteiger partial charge in [-0.2, -0.15) is 0 Å². The largest absolute Gasteiger partial charge is 0.380 e. The number of rotatable bonds is 4. The second-order valence-corrected chi connectivity index (χ2v) is 6.76. The Morgan fingerprint density at radius 3 is 2.92 bits per heavy atom. The SMILES string of the molecule is O=c1[nH]ccc2cc(NC3CN(Cc4cccc(Cl)c4F)C3)ccc12. The zero-order valence-electron chi connectivity index (χ0n) is 13.4. The van der Waals surface area contributed by atoms with E-state index < -0.39 is 0 Å². The topological polar surface area (TPSA) is 48.1 Å². The number of aromatic nitrogens is 1. The molecule has 0 unspecified atom stereocenters. The molecule has 1 fully saturated rings. The Balaban J connectivity index is 1.38. The summed E-state index contributed by atoms with van der Waals surface area (Å²) in [6, 6.07) is 13.0. The molecule has 1 aliphatic rings. The van der Waals surface area contributed by atoms with E-state index in [1.165, 1.54) is 0 Å². The smallest absolute Gasteiger partial charge is 0.255 e. The van der Waals surface area contributed by atoms with E-state index >= 15 is 0 Å². The van der Waals surface area contributed by atoms with Crippen LogP contribution in [-0.4, -0.2) is 29.0 Å². The van der Waals surface area contributed by atoms with Crippen molar-refractivity contribution in [3.05, 3.63) is 75.4 Å². The summed E-state index contributed by atoms with van der Waals surface area (Å²) < 4.78 is 13.9. The van der Waals surface area contributed by atoms with Gasteiger partial charge in [0.25, 0.3) is 5.56 Å². The van der Waals surface area contributed by atoms with Gasteiger partial charge in [-0.25, -0.2) is 4.39 Å². The molecule has 2 heterocycles. The van der Waals surface area contributed by atoms with Crippen molar-refractivity contribution in [3.8, 4) is 0 Å². The van der Waals surface area contributed by atoms with E-state index in [2.05, 4.69) is 15.2 Å². The number of hydrogen-bond acceptors (Lipinski definition) is 3. The second kappa shape index (κ2) is 6.50. The highest BCUT2D eigenvalue weighted by Crippen LogP contribution is 2.23. The Kier molecular flexibility index (Phi) is 4.19. The minimum atomic E-state index is -0.333. The van der Waals surface area contributed by atoms with Crippen LogP contribution in [0.2, 0.25) is 5.02 Å². The normalized spacial score (nSPS) is 15.3. The van der Waals surface area contributed by atoms with Crippen molar-refractivity contribution in [1.82, 2.24) is 9.88 Å². The zero-order chi connectivity index (χ0) is 17.4. The number of likely N-dealkylation sites (tertiary alicyclic amines) is 1. The molecule has 1 saturated heterocycles. The Bertz CT molecular complexity index is 982. The van der Waals surface area contributed by atoms with Gasteiger partial charge in [0.15, 0.2) is 0 Å². The van der Waals surface area contributed by atoms with E-state index in [4.69, 9.17) is 11.6 Å². The maximum absolute atomic E-state index is 13.9. The molecule has 25 heavy (non-hydrogen) atoms. The molecule has 4 rings (SSSR count). The van der Waals surface area contributed by atoms with Gasteiger partial charge < -0.3 is 10.3 Å². The summed E-state index contributed by atoms with van der Waals surface area (Å²) >= 11 is 5.82. The third-order valence-electron chi connectivity index (χ3n) is 4.53. The van der Waals surface area contributed by atoms with Crippen molar-refractivity contribution in [3.63, 3.8) is 0 Å². The van der Waals surface area contributed by atoms with Crippen molar-refractivity contribution in [1.29, 1.82) is 0 Å². The van der Waals surface area contributed by atoms with Gasteiger partial charge in [0.1, 0.15) is 5.82 Å². The lowest BCUT2D eigenvalue weighted by atomic mass is 10.1. The van der Waals surface area contributed by atoms with Crippen LogP contribution in [0.5, 0.6) is 0 Å². The van der Waals surface area contributed by atoms with Crippen LogP contribution in [0.15, 0.2) is 53.5 Å². The van der Waals surface area contributed by atoms with Gasteiger partial charge in [-0.3, -0.25) is 9.69 Å². The molecular formula is C19H17ClFN3O. The summed E-state index contributed by atoms with van der Waals surface area (Å²) in [6.07, 6.45) is 1.65. The van der Waals surface area contributed by atoms with Gasteiger partial charge in [0.2, 0.25) is 0 Å². The van der Waals surface area contributed by atoms with Gasteiger partial charge in [0.05, 0.1) is 11.1 Å². The number of hydrogen-bond donors (Lipinski definition) is 2. The fourth-order valence-electron chi connectivity index (χ4n) is 3.22. The van der Waals surface area contributed by atoms with Crippen molar-refractivity contribution >= 4 is 28.1 Å². The first kappa shape index (κ1) is 16.1. The van der Waals surface area contributed by atoms with Crippen molar-refractivity contribution < 1.29 is 4.39 Å². The van der Waals surface area contributed by atoms with E-state index in [-0.39, 0.29) is 16.4 Å². The molecule has 1 aromatic heterocycles. The first-order chi connectivity index (χ1) is 12.1. The van der Waals surface area contributed by atoms with Crippen LogP contribution in [-0.2, 0) is 6.54 Å². The third kappa shape index (κ3) is 3.25. The van der Waals surface area contributed by atoms with Crippen LogP contribution in [0.25, 0.3) is 10.8 Å². The average Bonchev–Trinajstić information content (AvgIpc) is 2.57. The van der Waals surface area contributed by atoms with Crippen LogP contribution in [0.3, 0.4) is 0 Å². The molecule has 0 atom stereocenters. The lowest BCUT2D eigenvalue weighted by Gasteiger charge is -2.40. The molecule has 6 heteroatoms. The van der Waals surface area contributed by atoms with E-state index in [1.54, 1.807) is 24.4 Å². The Morgan fingerprint density at radius 1 is 1.24 bits per heavy atom. The number of pyridine rings is 1. The number of nitrogens with one attached hydrogen (secondary N) is 2. The molecule has 4 nitrogen and oxygen atoms in total. The molecule has 2 aromatic carbocycles. The summed E-state index contributed by atoms with van der Waals surface area (Å²) in [4.78, 5) is 16.6. The van der Waals surface area contributed by atoms with Gasteiger partial charge >= 0.3 is 0 Å². The maximum atomic E-state index is 13.9.